The van der Waals surface area contributed by atoms with Crippen LogP contribution in [0.5, 0.6) is 0 Å². The Labute approximate surface area is 118 Å². The zero-order valence-electron chi connectivity index (χ0n) is 12.1. The molecule has 108 valence electrons. The van der Waals surface area contributed by atoms with Gasteiger partial charge in [0.1, 0.15) is 11.2 Å². The molecule has 1 rings (SSSR count). The highest BCUT2D eigenvalue weighted by molar-refractivity contribution is 5.90. The molecule has 1 aromatic rings. The Bertz CT molecular complexity index is 542. The Morgan fingerprint density at radius 3 is 2.65 bits per heavy atom. The summed E-state index contributed by atoms with van der Waals surface area (Å²) in [7, 11) is 1.71. The first-order chi connectivity index (χ1) is 9.30. The Morgan fingerprint density at radius 2 is 2.20 bits per heavy atom. The van der Waals surface area contributed by atoms with Gasteiger partial charge in [-0.2, -0.15) is 5.26 Å². The largest absolute Gasteiger partial charge is 0.451 e. The van der Waals surface area contributed by atoms with Crippen molar-refractivity contribution >= 4 is 11.9 Å². The molecule has 0 aliphatic carbocycles. The van der Waals surface area contributed by atoms with E-state index in [1.54, 1.807) is 36.9 Å². The second-order valence-corrected chi connectivity index (χ2v) is 5.10. The number of aryl methyl sites for hydroxylation is 1. The van der Waals surface area contributed by atoms with Gasteiger partial charge in [0.2, 0.25) is 0 Å². The third-order valence-electron chi connectivity index (χ3n) is 3.27. The molecule has 0 aliphatic rings. The van der Waals surface area contributed by atoms with E-state index in [1.807, 2.05) is 13.8 Å². The van der Waals surface area contributed by atoms with E-state index in [0.717, 1.165) is 0 Å². The maximum atomic E-state index is 11.7. The van der Waals surface area contributed by atoms with Gasteiger partial charge in [-0.3, -0.25) is 4.79 Å². The number of amides is 1. The number of hydrogen-bond donors (Lipinski definition) is 1. The van der Waals surface area contributed by atoms with Crippen LogP contribution in [0.4, 0.5) is 0 Å². The van der Waals surface area contributed by atoms with Crippen molar-refractivity contribution in [1.29, 1.82) is 5.26 Å². The number of aromatic nitrogens is 1. The van der Waals surface area contributed by atoms with Crippen LogP contribution >= 0.6 is 0 Å². The van der Waals surface area contributed by atoms with Gasteiger partial charge in [-0.25, -0.2) is 4.79 Å². The summed E-state index contributed by atoms with van der Waals surface area (Å²) in [5.74, 6) is -1.12. The van der Waals surface area contributed by atoms with E-state index in [2.05, 4.69) is 11.4 Å². The van der Waals surface area contributed by atoms with E-state index in [4.69, 9.17) is 10.00 Å². The molecule has 1 aromatic heterocycles. The number of hydrogen-bond acceptors (Lipinski definition) is 4. The van der Waals surface area contributed by atoms with Gasteiger partial charge >= 0.3 is 5.97 Å². The van der Waals surface area contributed by atoms with Crippen LogP contribution in [0.3, 0.4) is 0 Å². The minimum atomic E-state index is -0.978. The van der Waals surface area contributed by atoms with Crippen molar-refractivity contribution in [3.63, 3.8) is 0 Å². The zero-order valence-corrected chi connectivity index (χ0v) is 12.1. The van der Waals surface area contributed by atoms with E-state index >= 15 is 0 Å². The number of carbonyl (C=O) groups excluding carboxylic acids is 2. The Kier molecular flexibility index (Phi) is 4.92. The molecule has 6 heteroatoms. The fraction of sp³-hybridized carbons (Fsp3) is 0.500. The average molecular weight is 277 g/mol. The Balaban J connectivity index is 2.55. The van der Waals surface area contributed by atoms with Gasteiger partial charge in [-0.1, -0.05) is 13.8 Å². The predicted octanol–water partition coefficient (Wildman–Crippen LogP) is 1.24. The molecule has 1 heterocycles. The maximum absolute atomic E-state index is 11.7. The lowest BCUT2D eigenvalue weighted by Crippen LogP contribution is -2.50. The van der Waals surface area contributed by atoms with E-state index in [1.165, 1.54) is 0 Å². The first-order valence-electron chi connectivity index (χ1n) is 6.31. The molecule has 0 aromatic carbocycles. The van der Waals surface area contributed by atoms with Crippen molar-refractivity contribution in [2.45, 2.75) is 26.3 Å². The molecule has 0 fully saturated rings. The lowest BCUT2D eigenvalue weighted by Gasteiger charge is -2.27. The lowest BCUT2D eigenvalue weighted by molar-refractivity contribution is -0.125. The van der Waals surface area contributed by atoms with Gasteiger partial charge in [0.15, 0.2) is 6.61 Å². The van der Waals surface area contributed by atoms with Gasteiger partial charge in [0, 0.05) is 13.2 Å². The second-order valence-electron chi connectivity index (χ2n) is 5.10. The third-order valence-corrected chi connectivity index (χ3v) is 3.27. The van der Waals surface area contributed by atoms with Crippen molar-refractivity contribution < 1.29 is 14.3 Å². The van der Waals surface area contributed by atoms with Gasteiger partial charge in [-0.05, 0) is 25.0 Å². The maximum Gasteiger partial charge on any atom is 0.355 e. The topological polar surface area (TPSA) is 84.1 Å². The van der Waals surface area contributed by atoms with Crippen molar-refractivity contribution in [2.75, 3.05) is 6.61 Å². The van der Waals surface area contributed by atoms with Crippen molar-refractivity contribution in [3.05, 3.63) is 24.0 Å². The summed E-state index contributed by atoms with van der Waals surface area (Å²) in [5, 5.41) is 11.7. The first kappa shape index (κ1) is 15.8. The zero-order chi connectivity index (χ0) is 15.3. The number of esters is 1. The summed E-state index contributed by atoms with van der Waals surface area (Å²) >= 11 is 0. The summed E-state index contributed by atoms with van der Waals surface area (Å²) in [6, 6.07) is 5.37. The molecule has 1 atom stereocenters. The van der Waals surface area contributed by atoms with E-state index < -0.39 is 24.0 Å². The lowest BCUT2D eigenvalue weighted by atomic mass is 9.90. The fourth-order valence-electron chi connectivity index (χ4n) is 1.51. The number of nitriles is 1. The van der Waals surface area contributed by atoms with Crippen LogP contribution in [0.15, 0.2) is 18.3 Å². The molecule has 1 N–H and O–H groups in total. The molecule has 1 amide bonds. The van der Waals surface area contributed by atoms with Gasteiger partial charge in [0.05, 0.1) is 6.07 Å². The molecule has 0 spiro atoms. The van der Waals surface area contributed by atoms with Gasteiger partial charge in [-0.15, -0.1) is 0 Å². The van der Waals surface area contributed by atoms with Crippen LogP contribution in [0.2, 0.25) is 0 Å². The molecule has 0 saturated carbocycles. The SMILES string of the molecule is CC(C)[C@@](C)(C#N)NC(=O)COC(=O)c1cccn1C. The number of nitrogens with zero attached hydrogens (tertiary/aromatic N) is 2. The number of nitrogens with one attached hydrogen (secondary N) is 1. The minimum Gasteiger partial charge on any atom is -0.451 e. The quantitative estimate of drug-likeness (QED) is 0.821. The summed E-state index contributed by atoms with van der Waals surface area (Å²) in [6.45, 7) is 4.89. The molecular formula is C14H19N3O3. The van der Waals surface area contributed by atoms with E-state index in [-0.39, 0.29) is 5.92 Å². The third kappa shape index (κ3) is 3.60. The normalized spacial score (nSPS) is 13.4. The van der Waals surface area contributed by atoms with Crippen LogP contribution in [0.1, 0.15) is 31.3 Å². The monoisotopic (exact) mass is 277 g/mol. The smallest absolute Gasteiger partial charge is 0.355 e. The molecule has 0 bridgehead atoms. The number of carbonyl (C=O) groups is 2. The molecule has 0 unspecified atom stereocenters. The van der Waals surface area contributed by atoms with Gasteiger partial charge < -0.3 is 14.6 Å². The fourth-order valence-corrected chi connectivity index (χ4v) is 1.51. The highest BCUT2D eigenvalue weighted by atomic mass is 16.5. The predicted molar refractivity (Wildman–Crippen MR) is 72.7 cm³/mol. The van der Waals surface area contributed by atoms with Crippen LogP contribution in [0.25, 0.3) is 0 Å². The standard InChI is InChI=1S/C14H19N3O3/c1-10(2)14(3,9-15)16-12(18)8-20-13(19)11-6-5-7-17(11)4/h5-7,10H,8H2,1-4H3,(H,16,18)/t14-/m1/s1. The van der Waals surface area contributed by atoms with Crippen LogP contribution in [0, 0.1) is 17.2 Å². The Hall–Kier alpha value is -2.29. The highest BCUT2D eigenvalue weighted by Gasteiger charge is 2.30. The average Bonchev–Trinajstić information content (AvgIpc) is 2.81. The molecule has 0 saturated heterocycles. The Morgan fingerprint density at radius 1 is 1.55 bits per heavy atom. The molecular weight excluding hydrogens is 258 g/mol. The summed E-state index contributed by atoms with van der Waals surface area (Å²) < 4.78 is 6.52. The van der Waals surface area contributed by atoms with E-state index in [9.17, 15) is 9.59 Å². The molecule has 20 heavy (non-hydrogen) atoms. The van der Waals surface area contributed by atoms with Crippen LogP contribution in [-0.2, 0) is 16.6 Å². The number of ether oxygens (including phenoxy) is 1. The van der Waals surface area contributed by atoms with Crippen LogP contribution in [-0.4, -0.2) is 28.6 Å². The minimum absolute atomic E-state index is 0.0555. The highest BCUT2D eigenvalue weighted by Crippen LogP contribution is 2.14. The number of rotatable bonds is 5. The molecule has 6 nitrogen and oxygen atoms in total. The first-order valence-corrected chi connectivity index (χ1v) is 6.31. The van der Waals surface area contributed by atoms with Crippen molar-refractivity contribution in [3.8, 4) is 6.07 Å². The summed E-state index contributed by atoms with van der Waals surface area (Å²) in [4.78, 5) is 23.4. The van der Waals surface area contributed by atoms with Crippen molar-refractivity contribution in [1.82, 2.24) is 9.88 Å². The summed E-state index contributed by atoms with van der Waals surface area (Å²) in [5.41, 5.74) is -0.612. The van der Waals surface area contributed by atoms with Crippen LogP contribution < -0.4 is 5.32 Å². The summed E-state index contributed by atoms with van der Waals surface area (Å²) in [6.07, 6.45) is 1.71. The van der Waals surface area contributed by atoms with Gasteiger partial charge in [0.25, 0.3) is 5.91 Å². The molecule has 0 aliphatic heterocycles. The molecule has 0 radical (unpaired) electrons. The van der Waals surface area contributed by atoms with E-state index in [0.29, 0.717) is 5.69 Å². The second kappa shape index (κ2) is 6.24. The van der Waals surface area contributed by atoms with Crippen molar-refractivity contribution in [2.24, 2.45) is 13.0 Å².